The molecule has 4 rings (SSSR count). The van der Waals surface area contributed by atoms with Crippen molar-refractivity contribution in [1.29, 1.82) is 0 Å². The second-order valence-electron chi connectivity index (χ2n) is 6.81. The van der Waals surface area contributed by atoms with Crippen LogP contribution < -0.4 is 0 Å². The molecular weight excluding hydrogens is 212 g/mol. The zero-order valence-electron chi connectivity index (χ0n) is 11.0. The summed E-state index contributed by atoms with van der Waals surface area (Å²) >= 11 is 0. The normalized spacial score (nSPS) is 50.8. The SMILES string of the molecule is C/C(=C/CCC1(C)C2CC3C(C2)C31C)C(=O)O. The fourth-order valence-electron chi connectivity index (χ4n) is 5.18. The first-order valence-electron chi connectivity index (χ1n) is 6.81. The van der Waals surface area contributed by atoms with Crippen LogP contribution in [0, 0.1) is 28.6 Å². The van der Waals surface area contributed by atoms with Crippen molar-refractivity contribution in [1.82, 2.24) is 0 Å². The first-order valence-corrected chi connectivity index (χ1v) is 6.81. The summed E-state index contributed by atoms with van der Waals surface area (Å²) in [6.45, 7) is 6.62. The van der Waals surface area contributed by atoms with E-state index in [-0.39, 0.29) is 0 Å². The molecule has 4 aliphatic carbocycles. The molecule has 2 nitrogen and oxygen atoms in total. The van der Waals surface area contributed by atoms with Crippen molar-refractivity contribution < 1.29 is 9.90 Å². The minimum Gasteiger partial charge on any atom is -0.478 e. The molecule has 17 heavy (non-hydrogen) atoms. The first-order chi connectivity index (χ1) is 7.91. The summed E-state index contributed by atoms with van der Waals surface area (Å²) < 4.78 is 0. The maximum Gasteiger partial charge on any atom is 0.330 e. The van der Waals surface area contributed by atoms with Gasteiger partial charge in [0.1, 0.15) is 0 Å². The first kappa shape index (κ1) is 11.3. The maximum absolute atomic E-state index is 10.7. The molecule has 0 amide bonds. The standard InChI is InChI=1S/C15H22O2/c1-9(13(16)17)5-4-6-14(2)10-7-11-12(8-10)15(11,14)3/h5,10-12H,4,6-8H2,1-3H3,(H,16,17)/b9-5-. The van der Waals surface area contributed by atoms with Crippen LogP contribution in [-0.2, 0) is 4.79 Å². The number of rotatable bonds is 4. The van der Waals surface area contributed by atoms with Crippen LogP contribution >= 0.6 is 0 Å². The number of hydrogen-bond donors (Lipinski definition) is 1. The smallest absolute Gasteiger partial charge is 0.330 e. The molecule has 4 bridgehead atoms. The van der Waals surface area contributed by atoms with E-state index < -0.39 is 5.97 Å². The molecule has 4 fully saturated rings. The molecule has 0 aromatic heterocycles. The van der Waals surface area contributed by atoms with Crippen molar-refractivity contribution in [3.05, 3.63) is 11.6 Å². The summed E-state index contributed by atoms with van der Waals surface area (Å²) in [5, 5.41) is 8.84. The van der Waals surface area contributed by atoms with Crippen molar-refractivity contribution in [2.24, 2.45) is 28.6 Å². The Balaban J connectivity index is 1.67. The highest BCUT2D eigenvalue weighted by molar-refractivity contribution is 5.85. The molecule has 4 saturated carbocycles. The van der Waals surface area contributed by atoms with Crippen LogP contribution in [0.3, 0.4) is 0 Å². The molecule has 1 N–H and O–H groups in total. The van der Waals surface area contributed by atoms with Crippen LogP contribution in [0.25, 0.3) is 0 Å². The van der Waals surface area contributed by atoms with Crippen molar-refractivity contribution >= 4 is 5.97 Å². The van der Waals surface area contributed by atoms with E-state index in [2.05, 4.69) is 13.8 Å². The number of hydrogen-bond acceptors (Lipinski definition) is 1. The molecule has 0 radical (unpaired) electrons. The van der Waals surface area contributed by atoms with Crippen LogP contribution in [0.15, 0.2) is 11.6 Å². The van der Waals surface area contributed by atoms with Gasteiger partial charge in [0.25, 0.3) is 0 Å². The van der Waals surface area contributed by atoms with Crippen molar-refractivity contribution in [2.75, 3.05) is 0 Å². The number of carboxylic acid groups (broad SMARTS) is 1. The Kier molecular flexibility index (Phi) is 2.10. The Morgan fingerprint density at radius 1 is 1.35 bits per heavy atom. The van der Waals surface area contributed by atoms with Crippen LogP contribution in [0.1, 0.15) is 46.5 Å². The lowest BCUT2D eigenvalue weighted by Crippen LogP contribution is -2.26. The Bertz CT molecular complexity index is 397. The fourth-order valence-corrected chi connectivity index (χ4v) is 5.18. The molecule has 0 aromatic carbocycles. The predicted molar refractivity (Wildman–Crippen MR) is 66.5 cm³/mol. The number of allylic oxidation sites excluding steroid dienone is 1. The third-order valence-electron chi connectivity index (χ3n) is 6.58. The van der Waals surface area contributed by atoms with E-state index in [9.17, 15) is 4.79 Å². The molecule has 94 valence electrons. The zero-order valence-corrected chi connectivity index (χ0v) is 11.0. The molecule has 3 unspecified atom stereocenters. The lowest BCUT2D eigenvalue weighted by atomic mass is 9.71. The van der Waals surface area contributed by atoms with E-state index >= 15 is 0 Å². The van der Waals surface area contributed by atoms with E-state index in [0.717, 1.165) is 24.2 Å². The zero-order chi connectivity index (χ0) is 12.4. The van der Waals surface area contributed by atoms with E-state index in [1.54, 1.807) is 6.92 Å². The van der Waals surface area contributed by atoms with Crippen molar-refractivity contribution in [3.8, 4) is 0 Å². The number of carbonyl (C=O) groups is 1. The summed E-state index contributed by atoms with van der Waals surface area (Å²) in [6.07, 6.45) is 6.90. The van der Waals surface area contributed by atoms with Gasteiger partial charge in [-0.15, -0.1) is 0 Å². The highest BCUT2D eigenvalue weighted by Gasteiger charge is 2.80. The second-order valence-corrected chi connectivity index (χ2v) is 6.81. The average molecular weight is 234 g/mol. The van der Waals surface area contributed by atoms with Gasteiger partial charge < -0.3 is 5.11 Å². The van der Waals surface area contributed by atoms with Gasteiger partial charge in [-0.1, -0.05) is 19.9 Å². The van der Waals surface area contributed by atoms with Gasteiger partial charge in [-0.25, -0.2) is 4.79 Å². The lowest BCUT2D eigenvalue weighted by molar-refractivity contribution is -0.132. The Morgan fingerprint density at radius 2 is 1.94 bits per heavy atom. The highest BCUT2D eigenvalue weighted by atomic mass is 16.4. The highest BCUT2D eigenvalue weighted by Crippen LogP contribution is 2.87. The van der Waals surface area contributed by atoms with Gasteiger partial charge in [0, 0.05) is 5.57 Å². The Labute approximate surface area is 103 Å². The molecule has 0 aromatic rings. The summed E-state index contributed by atoms with van der Waals surface area (Å²) in [5.41, 5.74) is 1.58. The largest absolute Gasteiger partial charge is 0.478 e. The van der Waals surface area contributed by atoms with Crippen molar-refractivity contribution in [3.63, 3.8) is 0 Å². The summed E-state index contributed by atoms with van der Waals surface area (Å²) in [5.74, 6) is 2.14. The molecule has 3 atom stereocenters. The van der Waals surface area contributed by atoms with Gasteiger partial charge in [0.05, 0.1) is 0 Å². The van der Waals surface area contributed by atoms with Crippen LogP contribution in [0.5, 0.6) is 0 Å². The molecule has 0 heterocycles. The fraction of sp³-hybridized carbons (Fsp3) is 0.800. The average Bonchev–Trinajstić information content (AvgIpc) is 2.64. The monoisotopic (exact) mass is 234 g/mol. The van der Waals surface area contributed by atoms with Crippen LogP contribution in [0.4, 0.5) is 0 Å². The second kappa shape index (κ2) is 3.15. The molecule has 2 heteroatoms. The predicted octanol–water partition coefficient (Wildman–Crippen LogP) is 3.48. The Hall–Kier alpha value is -0.790. The summed E-state index contributed by atoms with van der Waals surface area (Å²) in [7, 11) is 0. The number of carboxylic acids is 1. The van der Waals surface area contributed by atoms with Crippen LogP contribution in [0.2, 0.25) is 0 Å². The molecular formula is C15H22O2. The van der Waals surface area contributed by atoms with Gasteiger partial charge in [-0.05, 0) is 61.2 Å². The van der Waals surface area contributed by atoms with E-state index in [1.807, 2.05) is 6.08 Å². The summed E-state index contributed by atoms with van der Waals surface area (Å²) in [4.78, 5) is 10.7. The quantitative estimate of drug-likeness (QED) is 0.756. The Morgan fingerprint density at radius 3 is 2.35 bits per heavy atom. The minimum absolute atomic E-state index is 0.484. The minimum atomic E-state index is -0.776. The summed E-state index contributed by atoms with van der Waals surface area (Å²) in [6, 6.07) is 0. The lowest BCUT2D eigenvalue weighted by Gasteiger charge is -2.34. The van der Waals surface area contributed by atoms with Gasteiger partial charge in [0.2, 0.25) is 0 Å². The molecule has 0 saturated heterocycles. The molecule has 0 aliphatic heterocycles. The molecule has 4 aliphatic rings. The van der Waals surface area contributed by atoms with Crippen molar-refractivity contribution in [2.45, 2.75) is 46.5 Å². The van der Waals surface area contributed by atoms with Gasteiger partial charge in [-0.3, -0.25) is 0 Å². The third-order valence-corrected chi connectivity index (χ3v) is 6.58. The number of aliphatic carboxylic acids is 1. The van der Waals surface area contributed by atoms with E-state index in [4.69, 9.17) is 5.11 Å². The molecule has 0 spiro atoms. The van der Waals surface area contributed by atoms with E-state index in [0.29, 0.717) is 16.4 Å². The third kappa shape index (κ3) is 1.19. The van der Waals surface area contributed by atoms with Gasteiger partial charge in [0.15, 0.2) is 0 Å². The van der Waals surface area contributed by atoms with E-state index in [1.165, 1.54) is 19.3 Å². The topological polar surface area (TPSA) is 37.3 Å². The van der Waals surface area contributed by atoms with Crippen LogP contribution in [-0.4, -0.2) is 11.1 Å². The maximum atomic E-state index is 10.7. The van der Waals surface area contributed by atoms with Gasteiger partial charge >= 0.3 is 5.97 Å². The van der Waals surface area contributed by atoms with Gasteiger partial charge in [-0.2, -0.15) is 0 Å².